The predicted molar refractivity (Wildman–Crippen MR) is 61.2 cm³/mol. The van der Waals surface area contributed by atoms with Crippen LogP contribution in [0.4, 0.5) is 0 Å². The third-order valence-electron chi connectivity index (χ3n) is 2.05. The summed E-state index contributed by atoms with van der Waals surface area (Å²) in [5.41, 5.74) is 1.26. The molecular weight excluding hydrogens is 226 g/mol. The Labute approximate surface area is 97.7 Å². The van der Waals surface area contributed by atoms with Crippen LogP contribution in [0, 0.1) is 0 Å². The van der Waals surface area contributed by atoms with Crippen LogP contribution < -0.4 is 5.32 Å². The molecule has 2 N–H and O–H groups in total. The summed E-state index contributed by atoms with van der Waals surface area (Å²) in [7, 11) is 0. The van der Waals surface area contributed by atoms with Crippen LogP contribution >= 0.6 is 11.6 Å². The predicted octanol–water partition coefficient (Wildman–Crippen LogP) is 1.99. The normalized spacial score (nSPS) is 10.1. The van der Waals surface area contributed by atoms with Crippen molar-refractivity contribution in [2.24, 2.45) is 0 Å². The number of hydrogen-bond acceptors (Lipinski definition) is 2. The number of amides is 1. The van der Waals surface area contributed by atoms with Crippen LogP contribution in [0.25, 0.3) is 0 Å². The van der Waals surface area contributed by atoms with Gasteiger partial charge >= 0.3 is 0 Å². The summed E-state index contributed by atoms with van der Waals surface area (Å²) < 4.78 is 0. The van der Waals surface area contributed by atoms with Crippen LogP contribution in [0.2, 0.25) is 5.02 Å². The highest BCUT2D eigenvalue weighted by Crippen LogP contribution is 2.09. The van der Waals surface area contributed by atoms with Gasteiger partial charge in [-0.1, -0.05) is 17.7 Å². The Morgan fingerprint density at radius 2 is 2.38 bits per heavy atom. The van der Waals surface area contributed by atoms with Crippen molar-refractivity contribution in [1.29, 1.82) is 0 Å². The lowest BCUT2D eigenvalue weighted by Crippen LogP contribution is -2.23. The summed E-state index contributed by atoms with van der Waals surface area (Å²) in [6, 6.07) is 7.13. The molecule has 0 bridgehead atoms. The number of aromatic amines is 1. The molecule has 0 aliphatic rings. The Bertz CT molecular complexity index is 481. The minimum Gasteiger partial charge on any atom is -0.356 e. The quantitative estimate of drug-likeness (QED) is 0.855. The molecule has 0 aromatic carbocycles. The molecule has 0 fully saturated rings. The lowest BCUT2D eigenvalue weighted by Gasteiger charge is -2.02. The van der Waals surface area contributed by atoms with Crippen molar-refractivity contribution in [2.45, 2.75) is 6.54 Å². The van der Waals surface area contributed by atoms with E-state index in [0.717, 1.165) is 5.69 Å². The zero-order chi connectivity index (χ0) is 11.4. The van der Waals surface area contributed by atoms with Gasteiger partial charge in [0.05, 0.1) is 17.3 Å². The Hall–Kier alpha value is -1.81. The Morgan fingerprint density at radius 1 is 1.50 bits per heavy atom. The molecule has 1 amide bonds. The van der Waals surface area contributed by atoms with E-state index in [0.29, 0.717) is 17.3 Å². The van der Waals surface area contributed by atoms with Crippen LogP contribution in [-0.4, -0.2) is 15.9 Å². The Kier molecular flexibility index (Phi) is 3.22. The van der Waals surface area contributed by atoms with Gasteiger partial charge in [0.15, 0.2) is 0 Å². The third-order valence-corrected chi connectivity index (χ3v) is 2.27. The molecule has 82 valence electrons. The van der Waals surface area contributed by atoms with E-state index < -0.39 is 0 Å². The van der Waals surface area contributed by atoms with Gasteiger partial charge in [-0.2, -0.15) is 0 Å². The number of rotatable bonds is 3. The Morgan fingerprint density at radius 3 is 3.00 bits per heavy atom. The average molecular weight is 236 g/mol. The van der Waals surface area contributed by atoms with Crippen LogP contribution in [0.5, 0.6) is 0 Å². The van der Waals surface area contributed by atoms with E-state index in [4.69, 9.17) is 11.6 Å². The molecule has 0 aliphatic carbocycles. The van der Waals surface area contributed by atoms with Crippen molar-refractivity contribution in [2.75, 3.05) is 0 Å². The maximum Gasteiger partial charge on any atom is 0.268 e. The van der Waals surface area contributed by atoms with Gasteiger partial charge in [0.25, 0.3) is 5.91 Å². The van der Waals surface area contributed by atoms with Gasteiger partial charge in [0.1, 0.15) is 5.69 Å². The molecule has 2 heterocycles. The highest BCUT2D eigenvalue weighted by atomic mass is 35.5. The number of nitrogens with one attached hydrogen (secondary N) is 2. The SMILES string of the molecule is O=C(NCc1ccccn1)c1cc(Cl)c[nH]1. The molecule has 5 heteroatoms. The fourth-order valence-corrected chi connectivity index (χ4v) is 1.43. The number of hydrogen-bond donors (Lipinski definition) is 2. The van der Waals surface area contributed by atoms with E-state index in [9.17, 15) is 4.79 Å². The van der Waals surface area contributed by atoms with Crippen LogP contribution in [0.3, 0.4) is 0 Å². The van der Waals surface area contributed by atoms with E-state index in [1.807, 2.05) is 18.2 Å². The number of carbonyl (C=O) groups is 1. The molecule has 2 rings (SSSR count). The molecule has 0 saturated carbocycles. The molecule has 2 aromatic rings. The van der Waals surface area contributed by atoms with E-state index >= 15 is 0 Å². The first kappa shape index (κ1) is 10.7. The molecule has 2 aromatic heterocycles. The topological polar surface area (TPSA) is 57.8 Å². The van der Waals surface area contributed by atoms with Crippen molar-refractivity contribution in [3.8, 4) is 0 Å². The minimum atomic E-state index is -0.197. The fraction of sp³-hybridized carbons (Fsp3) is 0.0909. The lowest BCUT2D eigenvalue weighted by molar-refractivity contribution is 0.0946. The van der Waals surface area contributed by atoms with Gasteiger partial charge in [0, 0.05) is 12.4 Å². The number of nitrogens with zero attached hydrogens (tertiary/aromatic N) is 1. The smallest absolute Gasteiger partial charge is 0.268 e. The highest BCUT2D eigenvalue weighted by Gasteiger charge is 2.07. The largest absolute Gasteiger partial charge is 0.356 e. The zero-order valence-electron chi connectivity index (χ0n) is 8.40. The molecule has 0 atom stereocenters. The second kappa shape index (κ2) is 4.81. The van der Waals surface area contributed by atoms with Crippen molar-refractivity contribution in [1.82, 2.24) is 15.3 Å². The van der Waals surface area contributed by atoms with Gasteiger partial charge < -0.3 is 10.3 Å². The Balaban J connectivity index is 1.94. The maximum atomic E-state index is 11.6. The summed E-state index contributed by atoms with van der Waals surface area (Å²) in [6.07, 6.45) is 3.25. The number of H-pyrrole nitrogens is 1. The summed E-state index contributed by atoms with van der Waals surface area (Å²) in [5, 5.41) is 3.25. The van der Waals surface area contributed by atoms with Gasteiger partial charge in [-0.05, 0) is 18.2 Å². The molecular formula is C11H10ClN3O. The second-order valence-corrected chi connectivity index (χ2v) is 3.67. The van der Waals surface area contributed by atoms with E-state index in [2.05, 4.69) is 15.3 Å². The average Bonchev–Trinajstić information content (AvgIpc) is 2.74. The first-order valence-electron chi connectivity index (χ1n) is 4.78. The third kappa shape index (κ3) is 2.61. The maximum absolute atomic E-state index is 11.6. The monoisotopic (exact) mass is 235 g/mol. The summed E-state index contributed by atoms with van der Waals surface area (Å²) in [5.74, 6) is -0.197. The second-order valence-electron chi connectivity index (χ2n) is 3.24. The molecule has 0 aliphatic heterocycles. The van der Waals surface area contributed by atoms with Crippen molar-refractivity contribution >= 4 is 17.5 Å². The van der Waals surface area contributed by atoms with Gasteiger partial charge in [0.2, 0.25) is 0 Å². The summed E-state index contributed by atoms with van der Waals surface area (Å²) in [6.45, 7) is 0.399. The standard InChI is InChI=1S/C11H10ClN3O/c12-8-5-10(14-6-8)11(16)15-7-9-3-1-2-4-13-9/h1-6,14H,7H2,(H,15,16). The van der Waals surface area contributed by atoms with Crippen molar-refractivity contribution in [3.05, 3.63) is 53.1 Å². The molecule has 0 radical (unpaired) electrons. The van der Waals surface area contributed by atoms with E-state index in [1.54, 1.807) is 18.5 Å². The summed E-state index contributed by atoms with van der Waals surface area (Å²) in [4.78, 5) is 18.5. The number of aromatic nitrogens is 2. The van der Waals surface area contributed by atoms with Gasteiger partial charge in [-0.15, -0.1) is 0 Å². The van der Waals surface area contributed by atoms with E-state index in [-0.39, 0.29) is 5.91 Å². The minimum absolute atomic E-state index is 0.197. The molecule has 4 nitrogen and oxygen atoms in total. The van der Waals surface area contributed by atoms with Crippen molar-refractivity contribution < 1.29 is 4.79 Å². The fourth-order valence-electron chi connectivity index (χ4n) is 1.27. The van der Waals surface area contributed by atoms with E-state index in [1.165, 1.54) is 0 Å². The van der Waals surface area contributed by atoms with Crippen LogP contribution in [0.1, 0.15) is 16.2 Å². The summed E-state index contributed by atoms with van der Waals surface area (Å²) >= 11 is 5.70. The number of carbonyl (C=O) groups excluding carboxylic acids is 1. The first-order chi connectivity index (χ1) is 7.75. The van der Waals surface area contributed by atoms with Gasteiger partial charge in [-0.25, -0.2) is 0 Å². The molecule has 0 spiro atoms. The zero-order valence-corrected chi connectivity index (χ0v) is 9.16. The van der Waals surface area contributed by atoms with Crippen molar-refractivity contribution in [3.63, 3.8) is 0 Å². The lowest BCUT2D eigenvalue weighted by atomic mass is 10.3. The van der Waals surface area contributed by atoms with Gasteiger partial charge in [-0.3, -0.25) is 9.78 Å². The number of halogens is 1. The number of pyridine rings is 1. The molecule has 0 unspecified atom stereocenters. The van der Waals surface area contributed by atoms with Crippen LogP contribution in [-0.2, 0) is 6.54 Å². The van der Waals surface area contributed by atoms with Crippen LogP contribution in [0.15, 0.2) is 36.7 Å². The molecule has 16 heavy (non-hydrogen) atoms. The highest BCUT2D eigenvalue weighted by molar-refractivity contribution is 6.30. The molecule has 0 saturated heterocycles. The first-order valence-corrected chi connectivity index (χ1v) is 5.15.